The van der Waals surface area contributed by atoms with Gasteiger partial charge in [0.1, 0.15) is 12.6 Å². The minimum atomic E-state index is -1.29. The standard InChI is InChI=1S/C20H25N5O7/c21-13(7-11-8-22-14-4-2-1-3-12(11)14)19(31)23-9-16(26)25-15(5-6-17(27)28)20(32)24-10-18(29)30/h1-4,8,13,15,22H,5-7,9-10,21H2,(H,23,31)(H,24,32)(H,25,26)(H,27,28)(H,29,30). The van der Waals surface area contributed by atoms with E-state index in [1.807, 2.05) is 24.3 Å². The molecule has 1 aromatic heterocycles. The summed E-state index contributed by atoms with van der Waals surface area (Å²) in [5, 5.41) is 25.1. The molecule has 0 saturated carbocycles. The first-order chi connectivity index (χ1) is 15.2. The van der Waals surface area contributed by atoms with Crippen molar-refractivity contribution in [2.24, 2.45) is 5.73 Å². The number of nitrogens with two attached hydrogens (primary N) is 1. The molecular formula is C20H25N5O7. The maximum atomic E-state index is 12.3. The van der Waals surface area contributed by atoms with Gasteiger partial charge < -0.3 is 36.9 Å². The summed E-state index contributed by atoms with van der Waals surface area (Å²) in [4.78, 5) is 60.9. The Kier molecular flexibility index (Phi) is 8.72. The van der Waals surface area contributed by atoms with Crippen LogP contribution in [0.25, 0.3) is 10.9 Å². The van der Waals surface area contributed by atoms with E-state index < -0.39 is 61.3 Å². The quantitative estimate of drug-likeness (QED) is 0.208. The van der Waals surface area contributed by atoms with Gasteiger partial charge in [0.2, 0.25) is 17.7 Å². The number of aromatic nitrogens is 1. The van der Waals surface area contributed by atoms with Crippen molar-refractivity contribution in [2.75, 3.05) is 13.1 Å². The number of rotatable bonds is 12. The molecule has 172 valence electrons. The van der Waals surface area contributed by atoms with Crippen LogP contribution in [0, 0.1) is 0 Å². The molecule has 0 fully saturated rings. The molecule has 0 bridgehead atoms. The van der Waals surface area contributed by atoms with Gasteiger partial charge in [-0.05, 0) is 24.5 Å². The summed E-state index contributed by atoms with van der Waals surface area (Å²) in [5.41, 5.74) is 7.69. The molecule has 0 aliphatic rings. The molecule has 2 unspecified atom stereocenters. The molecule has 0 radical (unpaired) electrons. The molecule has 0 aliphatic heterocycles. The van der Waals surface area contributed by atoms with E-state index in [2.05, 4.69) is 20.9 Å². The average molecular weight is 447 g/mol. The predicted molar refractivity (Wildman–Crippen MR) is 112 cm³/mol. The van der Waals surface area contributed by atoms with Gasteiger partial charge >= 0.3 is 11.9 Å². The van der Waals surface area contributed by atoms with E-state index >= 15 is 0 Å². The van der Waals surface area contributed by atoms with E-state index in [4.69, 9.17) is 15.9 Å². The van der Waals surface area contributed by atoms with Crippen LogP contribution in [0.15, 0.2) is 30.5 Å². The maximum absolute atomic E-state index is 12.3. The number of amides is 3. The van der Waals surface area contributed by atoms with Crippen molar-refractivity contribution in [3.05, 3.63) is 36.0 Å². The number of benzene rings is 1. The molecule has 32 heavy (non-hydrogen) atoms. The fourth-order valence-electron chi connectivity index (χ4n) is 3.00. The molecule has 2 aromatic rings. The molecule has 3 amide bonds. The second kappa shape index (κ2) is 11.5. The van der Waals surface area contributed by atoms with Crippen molar-refractivity contribution >= 4 is 40.6 Å². The summed E-state index contributed by atoms with van der Waals surface area (Å²) in [6.07, 6.45) is 1.32. The lowest BCUT2D eigenvalue weighted by Gasteiger charge is -2.18. The highest BCUT2D eigenvalue weighted by Gasteiger charge is 2.23. The molecule has 0 spiro atoms. The van der Waals surface area contributed by atoms with Crippen LogP contribution < -0.4 is 21.7 Å². The van der Waals surface area contributed by atoms with Gasteiger partial charge in [0.05, 0.1) is 12.6 Å². The summed E-state index contributed by atoms with van der Waals surface area (Å²) >= 11 is 0. The number of nitrogens with one attached hydrogen (secondary N) is 4. The Bertz CT molecular complexity index is 1000. The van der Waals surface area contributed by atoms with Crippen LogP contribution in [0.5, 0.6) is 0 Å². The van der Waals surface area contributed by atoms with Crippen LogP contribution in [0.1, 0.15) is 18.4 Å². The number of carbonyl (C=O) groups is 5. The first-order valence-corrected chi connectivity index (χ1v) is 9.76. The summed E-state index contributed by atoms with van der Waals surface area (Å²) in [6.45, 7) is -1.17. The second-order valence-electron chi connectivity index (χ2n) is 7.05. The molecule has 2 atom stereocenters. The second-order valence-corrected chi connectivity index (χ2v) is 7.05. The van der Waals surface area contributed by atoms with Crippen molar-refractivity contribution in [2.45, 2.75) is 31.3 Å². The Labute approximate surface area is 182 Å². The smallest absolute Gasteiger partial charge is 0.322 e. The molecule has 0 saturated heterocycles. The molecule has 2 rings (SSSR count). The van der Waals surface area contributed by atoms with Crippen molar-refractivity contribution < 1.29 is 34.2 Å². The highest BCUT2D eigenvalue weighted by atomic mass is 16.4. The first-order valence-electron chi connectivity index (χ1n) is 9.76. The zero-order valence-electron chi connectivity index (χ0n) is 17.1. The maximum Gasteiger partial charge on any atom is 0.322 e. The van der Waals surface area contributed by atoms with Crippen LogP contribution in [0.3, 0.4) is 0 Å². The van der Waals surface area contributed by atoms with Gasteiger partial charge in [0.15, 0.2) is 0 Å². The topological polar surface area (TPSA) is 204 Å². The summed E-state index contributed by atoms with van der Waals surface area (Å²) in [6, 6.07) is 5.33. The van der Waals surface area contributed by atoms with Crippen LogP contribution in [-0.4, -0.2) is 70.0 Å². The highest BCUT2D eigenvalue weighted by molar-refractivity contribution is 5.92. The van der Waals surface area contributed by atoms with E-state index in [0.717, 1.165) is 16.5 Å². The SMILES string of the molecule is NC(Cc1c[nH]c2ccccc12)C(=O)NCC(=O)NC(CCC(=O)O)C(=O)NCC(=O)O. The lowest BCUT2D eigenvalue weighted by molar-refractivity contribution is -0.140. The predicted octanol–water partition coefficient (Wildman–Crippen LogP) is -1.30. The third-order valence-electron chi connectivity index (χ3n) is 4.59. The molecule has 1 aromatic carbocycles. The molecule has 12 heteroatoms. The lowest BCUT2D eigenvalue weighted by atomic mass is 10.1. The number of aliphatic carboxylic acids is 2. The summed E-state index contributed by atoms with van der Waals surface area (Å²) in [7, 11) is 0. The minimum absolute atomic E-state index is 0.232. The van der Waals surface area contributed by atoms with Crippen LogP contribution in [0.4, 0.5) is 0 Å². The lowest BCUT2D eigenvalue weighted by Crippen LogP contribution is -2.51. The van der Waals surface area contributed by atoms with Crippen LogP contribution in [0.2, 0.25) is 0 Å². The summed E-state index contributed by atoms with van der Waals surface area (Å²) < 4.78 is 0. The number of carbonyl (C=O) groups excluding carboxylic acids is 3. The van der Waals surface area contributed by atoms with Gasteiger partial charge in [-0.3, -0.25) is 24.0 Å². The number of hydrogen-bond acceptors (Lipinski definition) is 6. The van der Waals surface area contributed by atoms with E-state index in [1.54, 1.807) is 6.20 Å². The van der Waals surface area contributed by atoms with E-state index in [0.29, 0.717) is 0 Å². The Balaban J connectivity index is 1.87. The number of carboxylic acid groups (broad SMARTS) is 2. The fourth-order valence-corrected chi connectivity index (χ4v) is 3.00. The van der Waals surface area contributed by atoms with E-state index in [1.165, 1.54) is 0 Å². The average Bonchev–Trinajstić information content (AvgIpc) is 3.15. The zero-order valence-corrected chi connectivity index (χ0v) is 17.1. The summed E-state index contributed by atoms with van der Waals surface area (Å²) in [5.74, 6) is -4.66. The first kappa shape index (κ1) is 24.3. The van der Waals surface area contributed by atoms with Gasteiger partial charge in [0.25, 0.3) is 0 Å². The highest BCUT2D eigenvalue weighted by Crippen LogP contribution is 2.18. The van der Waals surface area contributed by atoms with Crippen LogP contribution in [-0.2, 0) is 30.4 Å². The number of fused-ring (bicyclic) bond motifs is 1. The Hall–Kier alpha value is -3.93. The monoisotopic (exact) mass is 447 g/mol. The zero-order chi connectivity index (χ0) is 23.7. The number of hydrogen-bond donors (Lipinski definition) is 7. The molecule has 1 heterocycles. The third-order valence-corrected chi connectivity index (χ3v) is 4.59. The molecule has 8 N–H and O–H groups in total. The van der Waals surface area contributed by atoms with Gasteiger partial charge in [-0.15, -0.1) is 0 Å². The molecular weight excluding hydrogens is 422 g/mol. The van der Waals surface area contributed by atoms with Crippen molar-refractivity contribution in [1.82, 2.24) is 20.9 Å². The number of para-hydroxylation sites is 1. The van der Waals surface area contributed by atoms with Crippen molar-refractivity contribution in [3.8, 4) is 0 Å². The van der Waals surface area contributed by atoms with E-state index in [-0.39, 0.29) is 12.8 Å². The third kappa shape index (κ3) is 7.40. The Morgan fingerprint density at radius 1 is 0.969 bits per heavy atom. The van der Waals surface area contributed by atoms with Gasteiger partial charge in [-0.2, -0.15) is 0 Å². The normalized spacial score (nSPS) is 12.5. The Morgan fingerprint density at radius 2 is 1.66 bits per heavy atom. The largest absolute Gasteiger partial charge is 0.481 e. The number of aromatic amines is 1. The van der Waals surface area contributed by atoms with Crippen LogP contribution >= 0.6 is 0 Å². The Morgan fingerprint density at radius 3 is 2.34 bits per heavy atom. The van der Waals surface area contributed by atoms with Gasteiger partial charge in [-0.1, -0.05) is 18.2 Å². The van der Waals surface area contributed by atoms with Gasteiger partial charge in [0, 0.05) is 23.5 Å². The molecule has 12 nitrogen and oxygen atoms in total. The van der Waals surface area contributed by atoms with Crippen molar-refractivity contribution in [3.63, 3.8) is 0 Å². The number of carboxylic acids is 2. The van der Waals surface area contributed by atoms with Gasteiger partial charge in [-0.25, -0.2) is 0 Å². The molecule has 0 aliphatic carbocycles. The fraction of sp³-hybridized carbons (Fsp3) is 0.350. The van der Waals surface area contributed by atoms with Crippen molar-refractivity contribution in [1.29, 1.82) is 0 Å². The minimum Gasteiger partial charge on any atom is -0.481 e. The van der Waals surface area contributed by atoms with E-state index in [9.17, 15) is 24.0 Å². The number of H-pyrrole nitrogens is 1.